The zero-order chi connectivity index (χ0) is 49.8. The molecule has 18 unspecified atom stereocenters. The van der Waals surface area contributed by atoms with Crippen LogP contribution >= 0.6 is 0 Å². The maximum Gasteiger partial charge on any atom is 0.309 e. The second-order valence-electron chi connectivity index (χ2n) is 27.6. The van der Waals surface area contributed by atoms with Gasteiger partial charge in [-0.2, -0.15) is 0 Å². The SMILES string of the molecule is CC1CC2CC1C1CC(COC(=O)C3CCC(C(=O)OC45CC(COC(=O)C6CCC(C(=O)OC78CC(COC(=O)C9CCC(C(=O)O)CC9)CC7C7CC8CC7C)CC6)CC4C4CC5CC4C)CC3)CC21. The number of rotatable bonds is 14. The third kappa shape index (κ3) is 8.76. The zero-order valence-electron chi connectivity index (χ0n) is 43.7. The van der Waals surface area contributed by atoms with Crippen LogP contribution in [-0.4, -0.2) is 71.9 Å². The van der Waals surface area contributed by atoms with Crippen molar-refractivity contribution in [1.82, 2.24) is 0 Å². The lowest BCUT2D eigenvalue weighted by molar-refractivity contribution is -0.179. The predicted octanol–water partition coefficient (Wildman–Crippen LogP) is 10.4. The highest BCUT2D eigenvalue weighted by atomic mass is 16.6. The standard InChI is InChI=1S/C60H86O12/c1-31-16-43-23-46(31)50-20-34(19-49(43)50)28-68-54(63)39-8-12-41(13-9-39)57(66)71-60-27-36(22-52(60)48-25-45(60)18-33(48)3)30-70-56(65)40-10-14-42(15-11-40)58(67)72-59-26-35(21-51(59)47-24-44(59)17-32(47)2)29-69-55(64)38-6-4-37(5-7-38)53(61)62/h31-52H,4-30H2,1-3H3,(H,61,62). The molecule has 12 saturated carbocycles. The van der Waals surface area contributed by atoms with E-state index in [0.717, 1.165) is 81.0 Å². The topological polar surface area (TPSA) is 169 Å². The highest BCUT2D eigenvalue weighted by molar-refractivity contribution is 5.77. The lowest BCUT2D eigenvalue weighted by atomic mass is 9.73. The molecule has 0 spiro atoms. The van der Waals surface area contributed by atoms with E-state index in [9.17, 15) is 33.9 Å². The molecule has 6 bridgehead atoms. The first kappa shape index (κ1) is 49.7. The van der Waals surface area contributed by atoms with E-state index in [1.165, 1.54) is 25.7 Å². The fourth-order valence-electron chi connectivity index (χ4n) is 20.5. The molecule has 12 fully saturated rings. The molecule has 72 heavy (non-hydrogen) atoms. The molecule has 1 N–H and O–H groups in total. The number of carboxylic acids is 1. The van der Waals surface area contributed by atoms with Crippen molar-refractivity contribution in [3.05, 3.63) is 0 Å². The molecule has 12 aliphatic carbocycles. The number of carbonyl (C=O) groups excluding carboxylic acids is 5. The van der Waals surface area contributed by atoms with Gasteiger partial charge in [0.1, 0.15) is 11.2 Å². The van der Waals surface area contributed by atoms with Gasteiger partial charge < -0.3 is 28.8 Å². The van der Waals surface area contributed by atoms with Gasteiger partial charge >= 0.3 is 35.8 Å². The minimum Gasteiger partial charge on any atom is -0.481 e. The molecule has 0 saturated heterocycles. The molecule has 18 atom stereocenters. The average molecular weight is 999 g/mol. The molecule has 12 rings (SSSR count). The first-order valence-electron chi connectivity index (χ1n) is 29.8. The van der Waals surface area contributed by atoms with Gasteiger partial charge in [0.25, 0.3) is 0 Å². The molecule has 12 heteroatoms. The molecular weight excluding hydrogens is 913 g/mol. The Bertz CT molecular complexity index is 2100. The minimum absolute atomic E-state index is 0.0631. The Kier molecular flexibility index (Phi) is 13.4. The van der Waals surface area contributed by atoms with Gasteiger partial charge in [0.2, 0.25) is 0 Å². The Labute approximate surface area is 428 Å². The van der Waals surface area contributed by atoms with Crippen molar-refractivity contribution in [3.63, 3.8) is 0 Å². The zero-order valence-corrected chi connectivity index (χ0v) is 43.7. The van der Waals surface area contributed by atoms with Gasteiger partial charge in [0, 0.05) is 11.8 Å². The van der Waals surface area contributed by atoms with Crippen molar-refractivity contribution in [2.24, 2.45) is 130 Å². The number of esters is 5. The van der Waals surface area contributed by atoms with Crippen LogP contribution in [0.5, 0.6) is 0 Å². The van der Waals surface area contributed by atoms with E-state index in [1.807, 2.05) is 0 Å². The van der Waals surface area contributed by atoms with Crippen LogP contribution in [0.3, 0.4) is 0 Å². The summed E-state index contributed by atoms with van der Waals surface area (Å²) in [5, 5.41) is 9.37. The van der Waals surface area contributed by atoms with E-state index in [-0.39, 0.29) is 83.1 Å². The van der Waals surface area contributed by atoms with Crippen LogP contribution in [0.1, 0.15) is 175 Å². The summed E-state index contributed by atoms with van der Waals surface area (Å²) in [6, 6.07) is 0. The third-order valence-corrected chi connectivity index (χ3v) is 24.0. The van der Waals surface area contributed by atoms with E-state index in [4.69, 9.17) is 23.7 Å². The molecule has 0 aromatic carbocycles. The molecule has 0 aromatic rings. The lowest BCUT2D eigenvalue weighted by Gasteiger charge is -2.42. The second kappa shape index (κ2) is 19.4. The summed E-state index contributed by atoms with van der Waals surface area (Å²) in [7, 11) is 0. The number of carboxylic acid groups (broad SMARTS) is 1. The number of fused-ring (bicyclic) bond motifs is 15. The fraction of sp³-hybridized carbons (Fsp3) is 0.900. The number of hydrogen-bond donors (Lipinski definition) is 1. The van der Waals surface area contributed by atoms with Crippen LogP contribution < -0.4 is 0 Å². The number of ether oxygens (including phenoxy) is 5. The minimum atomic E-state index is -0.782. The van der Waals surface area contributed by atoms with Gasteiger partial charge in [-0.3, -0.25) is 28.8 Å². The van der Waals surface area contributed by atoms with Gasteiger partial charge in [-0.1, -0.05) is 20.8 Å². The van der Waals surface area contributed by atoms with Crippen LogP contribution in [0.4, 0.5) is 0 Å². The fourth-order valence-corrected chi connectivity index (χ4v) is 20.5. The maximum atomic E-state index is 14.1. The Balaban J connectivity index is 0.587. The van der Waals surface area contributed by atoms with E-state index in [2.05, 4.69) is 20.8 Å². The normalized spacial score (nSPS) is 49.2. The number of carbonyl (C=O) groups is 6. The molecule has 0 heterocycles. The van der Waals surface area contributed by atoms with Crippen molar-refractivity contribution in [3.8, 4) is 0 Å². The molecular formula is C60H86O12. The summed E-state index contributed by atoms with van der Waals surface area (Å²) < 4.78 is 31.6. The number of hydrogen-bond acceptors (Lipinski definition) is 11. The van der Waals surface area contributed by atoms with Gasteiger partial charge in [-0.25, -0.2) is 0 Å². The quantitative estimate of drug-likeness (QED) is 0.129. The first-order chi connectivity index (χ1) is 34.7. The predicted molar refractivity (Wildman–Crippen MR) is 263 cm³/mol. The Hall–Kier alpha value is -3.18. The van der Waals surface area contributed by atoms with Crippen LogP contribution in [0.2, 0.25) is 0 Å². The second-order valence-corrected chi connectivity index (χ2v) is 27.6. The summed E-state index contributed by atoms with van der Waals surface area (Å²) in [6.45, 7) is 8.33. The summed E-state index contributed by atoms with van der Waals surface area (Å²) in [6.07, 6.45) is 20.1. The summed E-state index contributed by atoms with van der Waals surface area (Å²) >= 11 is 0. The van der Waals surface area contributed by atoms with Crippen LogP contribution in [0, 0.1) is 130 Å². The van der Waals surface area contributed by atoms with Gasteiger partial charge in [0.05, 0.1) is 55.3 Å². The molecule has 0 amide bonds. The Morgan fingerprint density at radius 2 is 0.764 bits per heavy atom. The van der Waals surface area contributed by atoms with Crippen molar-refractivity contribution in [2.75, 3.05) is 19.8 Å². The van der Waals surface area contributed by atoms with Gasteiger partial charge in [-0.05, 0) is 237 Å². The summed E-state index contributed by atoms with van der Waals surface area (Å²) in [5.41, 5.74) is -0.995. The maximum absolute atomic E-state index is 14.1. The average Bonchev–Trinajstić information content (AvgIpc) is 4.26. The molecule has 0 radical (unpaired) electrons. The smallest absolute Gasteiger partial charge is 0.309 e. The molecule has 0 aliphatic heterocycles. The summed E-state index contributed by atoms with van der Waals surface area (Å²) in [5.74, 6) is 5.72. The summed E-state index contributed by atoms with van der Waals surface area (Å²) in [4.78, 5) is 79.7. The highest BCUT2D eigenvalue weighted by Gasteiger charge is 2.68. The van der Waals surface area contributed by atoms with E-state index >= 15 is 0 Å². The van der Waals surface area contributed by atoms with Gasteiger partial charge in [0.15, 0.2) is 0 Å². The number of aliphatic carboxylic acids is 1. The van der Waals surface area contributed by atoms with Crippen LogP contribution in [-0.2, 0) is 52.5 Å². The van der Waals surface area contributed by atoms with Crippen molar-refractivity contribution in [2.45, 2.75) is 186 Å². The van der Waals surface area contributed by atoms with E-state index in [1.54, 1.807) is 0 Å². The molecule has 12 aliphatic rings. The first-order valence-corrected chi connectivity index (χ1v) is 29.8. The Morgan fingerprint density at radius 3 is 1.19 bits per heavy atom. The third-order valence-electron chi connectivity index (χ3n) is 24.0. The molecule has 12 nitrogen and oxygen atoms in total. The van der Waals surface area contributed by atoms with E-state index < -0.39 is 17.2 Å². The lowest BCUT2D eigenvalue weighted by Crippen LogP contribution is -2.47. The Morgan fingerprint density at radius 1 is 0.389 bits per heavy atom. The molecule has 0 aromatic heterocycles. The molecule has 398 valence electrons. The van der Waals surface area contributed by atoms with Crippen LogP contribution in [0.25, 0.3) is 0 Å². The van der Waals surface area contributed by atoms with Crippen molar-refractivity contribution >= 4 is 35.8 Å². The monoisotopic (exact) mass is 999 g/mol. The highest BCUT2D eigenvalue weighted by Crippen LogP contribution is 2.68. The van der Waals surface area contributed by atoms with Crippen molar-refractivity contribution in [1.29, 1.82) is 0 Å². The van der Waals surface area contributed by atoms with Crippen molar-refractivity contribution < 1.29 is 57.6 Å². The largest absolute Gasteiger partial charge is 0.481 e. The van der Waals surface area contributed by atoms with Gasteiger partial charge in [-0.15, -0.1) is 0 Å². The van der Waals surface area contributed by atoms with E-state index in [0.29, 0.717) is 144 Å². The van der Waals surface area contributed by atoms with Crippen LogP contribution in [0.15, 0.2) is 0 Å².